The van der Waals surface area contributed by atoms with Crippen LogP contribution in [0.3, 0.4) is 0 Å². The van der Waals surface area contributed by atoms with Gasteiger partial charge in [0, 0.05) is 0 Å². The fourth-order valence-electron chi connectivity index (χ4n) is 0.648. The molecule has 1 aromatic carbocycles. The number of benzene rings is 1. The van der Waals surface area contributed by atoms with Crippen molar-refractivity contribution in [1.29, 1.82) is 0 Å². The van der Waals surface area contributed by atoms with Crippen molar-refractivity contribution in [1.82, 2.24) is 0 Å². The second kappa shape index (κ2) is 5.21. The Kier molecular flexibility index (Phi) is 4.62. The highest BCUT2D eigenvalue weighted by molar-refractivity contribution is 5.31. The van der Waals surface area contributed by atoms with Crippen LogP contribution in [0.4, 0.5) is 18.9 Å². The summed E-state index contributed by atoms with van der Waals surface area (Å²) in [7, 11) is 0. The maximum absolute atomic E-state index is 12.3. The molecule has 0 radical (unpaired) electrons. The van der Waals surface area contributed by atoms with Gasteiger partial charge in [0.1, 0.15) is 0 Å². The van der Waals surface area contributed by atoms with E-state index >= 15 is 0 Å². The van der Waals surface area contributed by atoms with Crippen molar-refractivity contribution in [3.8, 4) is 0 Å². The van der Waals surface area contributed by atoms with Crippen molar-refractivity contribution >= 4 is 5.69 Å². The molecule has 0 spiro atoms. The normalized spacial score (nSPS) is 8.93. The SMILES string of the molecule is CC.O=[N+]([O-])c1cc(F)c(F)c(F)c1. The fraction of sp³-hybridized carbons (Fsp3) is 0.250. The molecule has 14 heavy (non-hydrogen) atoms. The molecule has 0 saturated heterocycles. The first-order chi connectivity index (χ1) is 6.52. The standard InChI is InChI=1S/C6H2F3NO2.C2H6/c7-4-1-3(10(11)12)2-5(8)6(4)9;1-2/h1-2H;1-2H3. The highest BCUT2D eigenvalue weighted by Gasteiger charge is 2.16. The van der Waals surface area contributed by atoms with Gasteiger partial charge in [0.25, 0.3) is 5.69 Å². The minimum absolute atomic E-state index is 0.318. The molecule has 0 amide bonds. The van der Waals surface area contributed by atoms with Gasteiger partial charge in [-0.3, -0.25) is 10.1 Å². The van der Waals surface area contributed by atoms with Crippen LogP contribution in [-0.2, 0) is 0 Å². The monoisotopic (exact) mass is 207 g/mol. The van der Waals surface area contributed by atoms with E-state index in [4.69, 9.17) is 0 Å². The lowest BCUT2D eigenvalue weighted by molar-refractivity contribution is -0.385. The van der Waals surface area contributed by atoms with Gasteiger partial charge in [0.05, 0.1) is 17.1 Å². The van der Waals surface area contributed by atoms with Gasteiger partial charge in [-0.15, -0.1) is 0 Å². The third-order valence-electron chi connectivity index (χ3n) is 1.18. The van der Waals surface area contributed by atoms with Crippen LogP contribution in [0, 0.1) is 27.6 Å². The van der Waals surface area contributed by atoms with Crippen molar-refractivity contribution in [3.63, 3.8) is 0 Å². The highest BCUT2D eigenvalue weighted by atomic mass is 19.2. The quantitative estimate of drug-likeness (QED) is 0.403. The molecule has 1 rings (SSSR count). The largest absolute Gasteiger partial charge is 0.275 e. The number of hydrogen-bond donors (Lipinski definition) is 0. The molecule has 0 atom stereocenters. The Labute approximate surface area is 78.3 Å². The van der Waals surface area contributed by atoms with Gasteiger partial charge in [-0.05, 0) is 0 Å². The molecule has 1 aromatic rings. The van der Waals surface area contributed by atoms with Crippen LogP contribution < -0.4 is 0 Å². The number of hydrogen-bond acceptors (Lipinski definition) is 2. The van der Waals surface area contributed by atoms with Crippen LogP contribution in [0.25, 0.3) is 0 Å². The second-order valence-corrected chi connectivity index (χ2v) is 1.98. The first-order valence-corrected chi connectivity index (χ1v) is 3.81. The minimum atomic E-state index is -1.71. The Morgan fingerprint density at radius 3 is 1.79 bits per heavy atom. The number of nitro benzene ring substituents is 1. The molecule has 0 N–H and O–H groups in total. The Morgan fingerprint density at radius 1 is 1.14 bits per heavy atom. The van der Waals surface area contributed by atoms with E-state index in [9.17, 15) is 23.3 Å². The summed E-state index contributed by atoms with van der Waals surface area (Å²) >= 11 is 0. The van der Waals surface area contributed by atoms with Gasteiger partial charge in [-0.1, -0.05) is 13.8 Å². The van der Waals surface area contributed by atoms with Crippen LogP contribution in [-0.4, -0.2) is 4.92 Å². The molecule has 0 aromatic heterocycles. The number of rotatable bonds is 1. The van der Waals surface area contributed by atoms with E-state index in [1.165, 1.54) is 0 Å². The van der Waals surface area contributed by atoms with Gasteiger partial charge in [0.2, 0.25) is 0 Å². The average molecular weight is 207 g/mol. The summed E-state index contributed by atoms with van der Waals surface area (Å²) < 4.78 is 36.8. The Morgan fingerprint density at radius 2 is 1.50 bits per heavy atom. The first kappa shape index (κ1) is 12.4. The molecule has 0 saturated carbocycles. The van der Waals surface area contributed by atoms with Crippen molar-refractivity contribution in [2.75, 3.05) is 0 Å². The van der Waals surface area contributed by atoms with Crippen LogP contribution >= 0.6 is 0 Å². The van der Waals surface area contributed by atoms with E-state index < -0.39 is 28.1 Å². The third kappa shape index (κ3) is 2.72. The lowest BCUT2D eigenvalue weighted by atomic mass is 10.3. The molecule has 0 aliphatic heterocycles. The molecule has 0 aliphatic carbocycles. The van der Waals surface area contributed by atoms with Crippen LogP contribution in [0.2, 0.25) is 0 Å². The minimum Gasteiger partial charge on any atom is -0.258 e. The van der Waals surface area contributed by atoms with Crippen molar-refractivity contribution in [2.45, 2.75) is 13.8 Å². The molecule has 0 fully saturated rings. The van der Waals surface area contributed by atoms with Crippen LogP contribution in [0.1, 0.15) is 13.8 Å². The van der Waals surface area contributed by atoms with Gasteiger partial charge < -0.3 is 0 Å². The van der Waals surface area contributed by atoms with E-state index in [2.05, 4.69) is 0 Å². The Balaban J connectivity index is 0.000000791. The maximum atomic E-state index is 12.3. The first-order valence-electron chi connectivity index (χ1n) is 3.81. The summed E-state index contributed by atoms with van der Waals surface area (Å²) in [5.41, 5.74) is -0.814. The van der Waals surface area contributed by atoms with Crippen molar-refractivity contribution in [3.05, 3.63) is 39.7 Å². The van der Waals surface area contributed by atoms with E-state index in [-0.39, 0.29) is 0 Å². The van der Waals surface area contributed by atoms with Gasteiger partial charge in [0.15, 0.2) is 17.5 Å². The molecule has 0 unspecified atom stereocenters. The summed E-state index contributed by atoms with van der Waals surface area (Å²) in [5.74, 6) is -4.84. The van der Waals surface area contributed by atoms with E-state index in [0.717, 1.165) is 0 Å². The molecular formula is C8H8F3NO2. The zero-order valence-corrected chi connectivity index (χ0v) is 7.55. The predicted molar refractivity (Wildman–Crippen MR) is 44.3 cm³/mol. The second-order valence-electron chi connectivity index (χ2n) is 1.98. The molecule has 6 heteroatoms. The Hall–Kier alpha value is -1.59. The lowest BCUT2D eigenvalue weighted by Gasteiger charge is -1.94. The maximum Gasteiger partial charge on any atom is 0.275 e. The molecule has 78 valence electrons. The zero-order chi connectivity index (χ0) is 11.3. The lowest BCUT2D eigenvalue weighted by Crippen LogP contribution is -1.95. The number of nitrogens with zero attached hydrogens (tertiary/aromatic N) is 1. The molecule has 0 heterocycles. The summed E-state index contributed by atoms with van der Waals surface area (Å²) in [4.78, 5) is 8.96. The number of non-ortho nitro benzene ring substituents is 1. The predicted octanol–water partition coefficient (Wildman–Crippen LogP) is 3.04. The smallest absolute Gasteiger partial charge is 0.258 e. The van der Waals surface area contributed by atoms with E-state index in [1.807, 2.05) is 13.8 Å². The van der Waals surface area contributed by atoms with Crippen LogP contribution in [0.15, 0.2) is 12.1 Å². The molecule has 3 nitrogen and oxygen atoms in total. The number of nitro groups is 1. The summed E-state index contributed by atoms with van der Waals surface area (Å²) in [6.07, 6.45) is 0. The fourth-order valence-corrected chi connectivity index (χ4v) is 0.648. The summed E-state index contributed by atoms with van der Waals surface area (Å²) in [6, 6.07) is 0.636. The summed E-state index contributed by atoms with van der Waals surface area (Å²) in [6.45, 7) is 4.00. The zero-order valence-electron chi connectivity index (χ0n) is 7.55. The topological polar surface area (TPSA) is 43.1 Å². The van der Waals surface area contributed by atoms with Crippen molar-refractivity contribution in [2.24, 2.45) is 0 Å². The third-order valence-corrected chi connectivity index (χ3v) is 1.18. The molecular weight excluding hydrogens is 199 g/mol. The molecule has 0 bridgehead atoms. The Bertz CT molecular complexity index is 318. The van der Waals surface area contributed by atoms with Crippen molar-refractivity contribution < 1.29 is 18.1 Å². The molecule has 0 aliphatic rings. The summed E-state index contributed by atoms with van der Waals surface area (Å²) in [5, 5.41) is 9.97. The average Bonchev–Trinajstić information content (AvgIpc) is 2.16. The van der Waals surface area contributed by atoms with Gasteiger partial charge >= 0.3 is 0 Å². The van der Waals surface area contributed by atoms with Crippen LogP contribution in [0.5, 0.6) is 0 Å². The van der Waals surface area contributed by atoms with E-state index in [0.29, 0.717) is 12.1 Å². The van der Waals surface area contributed by atoms with E-state index in [1.54, 1.807) is 0 Å². The van der Waals surface area contributed by atoms with Gasteiger partial charge in [-0.25, -0.2) is 13.2 Å². The number of halogens is 3. The van der Waals surface area contributed by atoms with Gasteiger partial charge in [-0.2, -0.15) is 0 Å². The highest BCUT2D eigenvalue weighted by Crippen LogP contribution is 2.18.